The Labute approximate surface area is 203 Å². The molecule has 0 saturated carbocycles. The van der Waals surface area contributed by atoms with E-state index in [-0.39, 0.29) is 12.5 Å². The summed E-state index contributed by atoms with van der Waals surface area (Å²) in [5.41, 5.74) is 4.36. The summed E-state index contributed by atoms with van der Waals surface area (Å²) in [5, 5.41) is 2.77. The van der Waals surface area contributed by atoms with Crippen molar-refractivity contribution in [3.8, 4) is 16.9 Å². The van der Waals surface area contributed by atoms with Crippen LogP contribution in [0.15, 0.2) is 103 Å². The minimum Gasteiger partial charge on any atom is -0.489 e. The summed E-state index contributed by atoms with van der Waals surface area (Å²) >= 11 is 0. The molecule has 4 aromatic rings. The van der Waals surface area contributed by atoms with E-state index >= 15 is 0 Å². The quantitative estimate of drug-likeness (QED) is 0.257. The molecular weight excluding hydrogens is 465 g/mol. The number of benzene rings is 4. The number of nitrogens with one attached hydrogen (secondary N) is 1. The van der Waals surface area contributed by atoms with E-state index in [1.165, 1.54) is 0 Å². The second kappa shape index (κ2) is 11.1. The third-order valence-electron chi connectivity index (χ3n) is 5.24. The number of amides is 1. The van der Waals surface area contributed by atoms with E-state index in [1.54, 1.807) is 36.4 Å². The Bertz CT molecular complexity index is 1320. The fourth-order valence-corrected chi connectivity index (χ4v) is 3.72. The normalized spacial score (nSPS) is 11.1. The maximum Gasteiger partial charge on any atom is 0.469 e. The van der Waals surface area contributed by atoms with Crippen molar-refractivity contribution in [2.75, 3.05) is 5.32 Å². The van der Waals surface area contributed by atoms with Crippen LogP contribution < -0.4 is 10.1 Å². The van der Waals surface area contributed by atoms with Gasteiger partial charge >= 0.3 is 7.82 Å². The first kappa shape index (κ1) is 24.4. The molecule has 0 heterocycles. The van der Waals surface area contributed by atoms with E-state index in [0.29, 0.717) is 23.4 Å². The lowest BCUT2D eigenvalue weighted by molar-refractivity contribution is 0.102. The Balaban J connectivity index is 1.38. The largest absolute Gasteiger partial charge is 0.489 e. The number of para-hydroxylation sites is 1. The van der Waals surface area contributed by atoms with Crippen LogP contribution in [0.2, 0.25) is 0 Å². The molecule has 0 aliphatic carbocycles. The average molecular weight is 489 g/mol. The molecule has 0 radical (unpaired) electrons. The zero-order chi connectivity index (χ0) is 24.7. The fourth-order valence-electron chi connectivity index (χ4n) is 3.41. The molecule has 0 spiro atoms. The predicted octanol–water partition coefficient (Wildman–Crippen LogP) is 5.79. The molecule has 4 rings (SSSR count). The van der Waals surface area contributed by atoms with Crippen LogP contribution in [-0.4, -0.2) is 15.7 Å². The number of carbonyl (C=O) groups is 1. The summed E-state index contributed by atoms with van der Waals surface area (Å²) in [7, 11) is -4.62. The van der Waals surface area contributed by atoms with Gasteiger partial charge in [-0.2, -0.15) is 0 Å². The van der Waals surface area contributed by atoms with Crippen molar-refractivity contribution in [2.24, 2.45) is 0 Å². The predicted molar refractivity (Wildman–Crippen MR) is 134 cm³/mol. The van der Waals surface area contributed by atoms with Gasteiger partial charge in [0.15, 0.2) is 0 Å². The highest BCUT2D eigenvalue weighted by molar-refractivity contribution is 7.46. The number of hydrogen-bond acceptors (Lipinski definition) is 4. The van der Waals surface area contributed by atoms with Crippen LogP contribution >= 0.6 is 7.82 Å². The first-order valence-corrected chi connectivity index (χ1v) is 12.4. The maximum absolute atomic E-state index is 12.7. The highest BCUT2D eigenvalue weighted by Crippen LogP contribution is 2.37. The summed E-state index contributed by atoms with van der Waals surface area (Å²) in [6.07, 6.45) is 0. The first-order chi connectivity index (χ1) is 16.9. The standard InChI is InChI=1S/C27H24NO6P/c29-27(28-26-9-5-4-8-24(26)19-34-35(30,31)32)23-12-10-21(11-13-23)22-14-16-25(17-15-22)33-18-20-6-2-1-3-7-20/h1-17H,18-19H2,(H,28,29)(H2,30,31,32). The third kappa shape index (κ3) is 7.12. The Morgan fingerprint density at radius 3 is 2.00 bits per heavy atom. The van der Waals surface area contributed by atoms with Gasteiger partial charge in [0.1, 0.15) is 12.4 Å². The first-order valence-electron chi connectivity index (χ1n) is 10.8. The molecule has 0 aliphatic rings. The van der Waals surface area contributed by atoms with Crippen LogP contribution in [0.4, 0.5) is 5.69 Å². The Kier molecular flexibility index (Phi) is 7.75. The van der Waals surface area contributed by atoms with Gasteiger partial charge in [0.2, 0.25) is 0 Å². The van der Waals surface area contributed by atoms with Crippen molar-refractivity contribution < 1.29 is 28.4 Å². The average Bonchev–Trinajstić information content (AvgIpc) is 2.87. The van der Waals surface area contributed by atoms with Gasteiger partial charge in [-0.3, -0.25) is 9.32 Å². The van der Waals surface area contributed by atoms with Crippen molar-refractivity contribution in [1.82, 2.24) is 0 Å². The van der Waals surface area contributed by atoms with E-state index in [1.807, 2.05) is 66.7 Å². The van der Waals surface area contributed by atoms with E-state index in [4.69, 9.17) is 14.5 Å². The fraction of sp³-hybridized carbons (Fsp3) is 0.0741. The van der Waals surface area contributed by atoms with E-state index < -0.39 is 7.82 Å². The number of hydrogen-bond donors (Lipinski definition) is 3. The van der Waals surface area contributed by atoms with Crippen LogP contribution in [-0.2, 0) is 22.3 Å². The van der Waals surface area contributed by atoms with Crippen LogP contribution in [0.3, 0.4) is 0 Å². The van der Waals surface area contributed by atoms with Crippen LogP contribution in [0, 0.1) is 0 Å². The highest BCUT2D eigenvalue weighted by Gasteiger charge is 2.16. The van der Waals surface area contributed by atoms with Crippen molar-refractivity contribution in [2.45, 2.75) is 13.2 Å². The van der Waals surface area contributed by atoms with E-state index in [0.717, 1.165) is 22.4 Å². The van der Waals surface area contributed by atoms with Gasteiger partial charge in [0, 0.05) is 16.8 Å². The Hall–Kier alpha value is -3.74. The van der Waals surface area contributed by atoms with Gasteiger partial charge in [-0.05, 0) is 47.0 Å². The molecule has 0 aromatic heterocycles. The summed E-state index contributed by atoms with van der Waals surface area (Å²) in [6, 6.07) is 31.6. The lowest BCUT2D eigenvalue weighted by Gasteiger charge is -2.12. The van der Waals surface area contributed by atoms with Crippen LogP contribution in [0.5, 0.6) is 5.75 Å². The summed E-state index contributed by atoms with van der Waals surface area (Å²) in [6.45, 7) is 0.170. The molecule has 35 heavy (non-hydrogen) atoms. The summed E-state index contributed by atoms with van der Waals surface area (Å²) in [5.74, 6) is 0.430. The van der Waals surface area contributed by atoms with Crippen molar-refractivity contribution in [1.29, 1.82) is 0 Å². The van der Waals surface area contributed by atoms with Gasteiger partial charge in [0.25, 0.3) is 5.91 Å². The third-order valence-corrected chi connectivity index (χ3v) is 5.70. The maximum atomic E-state index is 12.7. The number of anilines is 1. The number of phosphoric ester groups is 1. The minimum absolute atomic E-state index is 0.329. The molecule has 0 bridgehead atoms. The van der Waals surface area contributed by atoms with Crippen LogP contribution in [0.25, 0.3) is 11.1 Å². The lowest BCUT2D eigenvalue weighted by Crippen LogP contribution is -2.13. The molecule has 178 valence electrons. The molecule has 0 fully saturated rings. The van der Waals surface area contributed by atoms with Gasteiger partial charge in [-0.1, -0.05) is 72.8 Å². The molecule has 3 N–H and O–H groups in total. The number of ether oxygens (including phenoxy) is 1. The molecule has 1 amide bonds. The number of rotatable bonds is 9. The number of phosphoric acid groups is 1. The molecule has 0 saturated heterocycles. The summed E-state index contributed by atoms with van der Waals surface area (Å²) < 4.78 is 21.4. The van der Waals surface area contributed by atoms with Gasteiger partial charge in [-0.25, -0.2) is 4.57 Å². The molecule has 0 unspecified atom stereocenters. The SMILES string of the molecule is O=C(Nc1ccccc1COP(=O)(O)O)c1ccc(-c2ccc(OCc3ccccc3)cc2)cc1. The lowest BCUT2D eigenvalue weighted by atomic mass is 10.0. The molecule has 0 atom stereocenters. The molecule has 0 aliphatic heterocycles. The van der Waals surface area contributed by atoms with E-state index in [9.17, 15) is 9.36 Å². The van der Waals surface area contributed by atoms with Crippen molar-refractivity contribution in [3.05, 3.63) is 120 Å². The smallest absolute Gasteiger partial charge is 0.469 e. The second-order valence-electron chi connectivity index (χ2n) is 7.75. The zero-order valence-electron chi connectivity index (χ0n) is 18.7. The van der Waals surface area contributed by atoms with Crippen molar-refractivity contribution >= 4 is 19.4 Å². The minimum atomic E-state index is -4.62. The topological polar surface area (TPSA) is 105 Å². The zero-order valence-corrected chi connectivity index (χ0v) is 19.6. The second-order valence-corrected chi connectivity index (χ2v) is 8.99. The van der Waals surface area contributed by atoms with Gasteiger partial charge in [0.05, 0.1) is 6.61 Å². The van der Waals surface area contributed by atoms with Crippen LogP contribution in [0.1, 0.15) is 21.5 Å². The molecule has 4 aromatic carbocycles. The Morgan fingerprint density at radius 2 is 1.34 bits per heavy atom. The molecule has 7 nitrogen and oxygen atoms in total. The van der Waals surface area contributed by atoms with Crippen molar-refractivity contribution in [3.63, 3.8) is 0 Å². The van der Waals surface area contributed by atoms with Gasteiger partial charge < -0.3 is 19.8 Å². The number of carbonyl (C=O) groups excluding carboxylic acids is 1. The van der Waals surface area contributed by atoms with E-state index in [2.05, 4.69) is 9.84 Å². The Morgan fingerprint density at radius 1 is 0.743 bits per heavy atom. The van der Waals surface area contributed by atoms with Gasteiger partial charge in [-0.15, -0.1) is 0 Å². The monoisotopic (exact) mass is 489 g/mol. The highest BCUT2D eigenvalue weighted by atomic mass is 31.2. The summed E-state index contributed by atoms with van der Waals surface area (Å²) in [4.78, 5) is 30.6. The molecule has 8 heteroatoms. The molecular formula is C27H24NO6P.